The minimum Gasteiger partial charge on any atom is -0.496 e. The molecule has 3 atom stereocenters. The highest BCUT2D eigenvalue weighted by molar-refractivity contribution is 5.33. The summed E-state index contributed by atoms with van der Waals surface area (Å²) in [5.74, 6) is 1.26. The third-order valence-electron chi connectivity index (χ3n) is 3.45. The molecule has 1 aromatic rings. The molecule has 0 amide bonds. The van der Waals surface area contributed by atoms with E-state index in [9.17, 15) is 5.11 Å². The van der Waals surface area contributed by atoms with Gasteiger partial charge in [0, 0.05) is 13.0 Å². The van der Waals surface area contributed by atoms with E-state index in [2.05, 4.69) is 6.92 Å². The van der Waals surface area contributed by atoms with Crippen LogP contribution in [0.1, 0.15) is 18.9 Å². The third kappa shape index (κ3) is 2.79. The van der Waals surface area contributed by atoms with Crippen LogP contribution in [0.5, 0.6) is 5.75 Å². The van der Waals surface area contributed by atoms with E-state index < -0.39 is 6.10 Å². The van der Waals surface area contributed by atoms with Gasteiger partial charge in [0.05, 0.1) is 19.3 Å². The highest BCUT2D eigenvalue weighted by Crippen LogP contribution is 2.27. The average molecular weight is 236 g/mol. The van der Waals surface area contributed by atoms with Crippen LogP contribution in [0.25, 0.3) is 0 Å². The van der Waals surface area contributed by atoms with Gasteiger partial charge in [-0.3, -0.25) is 0 Å². The summed E-state index contributed by atoms with van der Waals surface area (Å²) in [6.45, 7) is 2.89. The van der Waals surface area contributed by atoms with E-state index in [1.807, 2.05) is 24.3 Å². The minimum atomic E-state index is -0.455. The van der Waals surface area contributed by atoms with E-state index in [0.29, 0.717) is 12.3 Å². The lowest BCUT2D eigenvalue weighted by molar-refractivity contribution is -0.0159. The fourth-order valence-corrected chi connectivity index (χ4v) is 2.42. The Hall–Kier alpha value is -1.06. The molecule has 0 spiro atoms. The molecule has 1 N–H and O–H groups in total. The lowest BCUT2D eigenvalue weighted by atomic mass is 9.95. The first kappa shape index (κ1) is 12.4. The Morgan fingerprint density at radius 2 is 2.24 bits per heavy atom. The summed E-state index contributed by atoms with van der Waals surface area (Å²) in [5, 5.41) is 10.2. The average Bonchev–Trinajstić information content (AvgIpc) is 2.76. The molecule has 0 aliphatic carbocycles. The Bertz CT molecular complexity index is 364. The summed E-state index contributed by atoms with van der Waals surface area (Å²) in [4.78, 5) is 0. The number of rotatable bonds is 4. The lowest BCUT2D eigenvalue weighted by Gasteiger charge is -2.22. The molecule has 1 aromatic carbocycles. The zero-order valence-electron chi connectivity index (χ0n) is 10.4. The second-order valence-electron chi connectivity index (χ2n) is 4.68. The van der Waals surface area contributed by atoms with Gasteiger partial charge < -0.3 is 14.6 Å². The fourth-order valence-electron chi connectivity index (χ4n) is 2.42. The second-order valence-corrected chi connectivity index (χ2v) is 4.68. The molecule has 94 valence electrons. The first-order valence-corrected chi connectivity index (χ1v) is 6.14. The summed E-state index contributed by atoms with van der Waals surface area (Å²) in [7, 11) is 1.65. The normalized spacial score (nSPS) is 25.8. The molecule has 17 heavy (non-hydrogen) atoms. The molecule has 2 rings (SSSR count). The van der Waals surface area contributed by atoms with Crippen molar-refractivity contribution >= 4 is 0 Å². The summed E-state index contributed by atoms with van der Waals surface area (Å²) in [6, 6.07) is 7.80. The maximum atomic E-state index is 10.2. The maximum absolute atomic E-state index is 10.2. The van der Waals surface area contributed by atoms with Crippen LogP contribution in [-0.2, 0) is 11.2 Å². The van der Waals surface area contributed by atoms with E-state index in [1.165, 1.54) is 0 Å². The maximum Gasteiger partial charge on any atom is 0.122 e. The summed E-state index contributed by atoms with van der Waals surface area (Å²) in [6.07, 6.45) is 1.12. The van der Waals surface area contributed by atoms with Crippen molar-refractivity contribution < 1.29 is 14.6 Å². The van der Waals surface area contributed by atoms with Crippen LogP contribution in [0, 0.1) is 5.92 Å². The van der Waals surface area contributed by atoms with E-state index in [1.54, 1.807) is 7.11 Å². The number of benzene rings is 1. The number of hydrogen-bond acceptors (Lipinski definition) is 3. The predicted octanol–water partition coefficient (Wildman–Crippen LogP) is 2.02. The zero-order valence-corrected chi connectivity index (χ0v) is 10.4. The molecule has 0 aromatic heterocycles. The van der Waals surface area contributed by atoms with Crippen LogP contribution in [0.4, 0.5) is 0 Å². The van der Waals surface area contributed by atoms with Gasteiger partial charge in [-0.2, -0.15) is 0 Å². The Kier molecular flexibility index (Phi) is 4.02. The first-order chi connectivity index (χ1) is 8.22. The van der Waals surface area contributed by atoms with Crippen molar-refractivity contribution in [2.45, 2.75) is 32.0 Å². The van der Waals surface area contributed by atoms with Gasteiger partial charge in [-0.25, -0.2) is 0 Å². The van der Waals surface area contributed by atoms with Gasteiger partial charge in [0.15, 0.2) is 0 Å². The van der Waals surface area contributed by atoms with Crippen LogP contribution in [0.2, 0.25) is 0 Å². The van der Waals surface area contributed by atoms with Crippen molar-refractivity contribution in [3.05, 3.63) is 29.8 Å². The first-order valence-electron chi connectivity index (χ1n) is 6.14. The lowest BCUT2D eigenvalue weighted by Crippen LogP contribution is -2.31. The standard InChI is InChI=1S/C14H20O3/c1-10-7-8-17-14(10)12(15)9-11-5-3-4-6-13(11)16-2/h3-6,10,12,14-15H,7-9H2,1-2H3. The molecule has 0 radical (unpaired) electrons. The number of methoxy groups -OCH3 is 1. The van der Waals surface area contributed by atoms with Crippen molar-refractivity contribution in [3.8, 4) is 5.75 Å². The molecular formula is C14H20O3. The molecule has 3 nitrogen and oxygen atoms in total. The summed E-state index contributed by atoms with van der Waals surface area (Å²) < 4.78 is 10.9. The van der Waals surface area contributed by atoms with Crippen LogP contribution >= 0.6 is 0 Å². The molecule has 1 heterocycles. The quantitative estimate of drug-likeness (QED) is 0.869. The second kappa shape index (κ2) is 5.52. The van der Waals surface area contributed by atoms with E-state index in [-0.39, 0.29) is 6.10 Å². The Morgan fingerprint density at radius 3 is 2.88 bits per heavy atom. The fraction of sp³-hybridized carbons (Fsp3) is 0.571. The Morgan fingerprint density at radius 1 is 1.47 bits per heavy atom. The van der Waals surface area contributed by atoms with Gasteiger partial charge in [0.1, 0.15) is 5.75 Å². The molecule has 3 heteroatoms. The summed E-state index contributed by atoms with van der Waals surface area (Å²) >= 11 is 0. The Balaban J connectivity index is 2.04. The number of hydrogen-bond donors (Lipinski definition) is 1. The van der Waals surface area contributed by atoms with Crippen molar-refractivity contribution in [1.82, 2.24) is 0 Å². The molecule has 1 aliphatic heterocycles. The number of aliphatic hydroxyl groups is 1. The number of aliphatic hydroxyl groups excluding tert-OH is 1. The van der Waals surface area contributed by atoms with Gasteiger partial charge in [-0.15, -0.1) is 0 Å². The largest absolute Gasteiger partial charge is 0.496 e. The molecule has 0 saturated carbocycles. The molecule has 1 aliphatic rings. The highest BCUT2D eigenvalue weighted by Gasteiger charge is 2.31. The van der Waals surface area contributed by atoms with Gasteiger partial charge in [0.25, 0.3) is 0 Å². The van der Waals surface area contributed by atoms with Crippen molar-refractivity contribution in [1.29, 1.82) is 0 Å². The van der Waals surface area contributed by atoms with Gasteiger partial charge in [-0.05, 0) is 24.0 Å². The highest BCUT2D eigenvalue weighted by atomic mass is 16.5. The monoisotopic (exact) mass is 236 g/mol. The SMILES string of the molecule is COc1ccccc1CC(O)C1OCCC1C. The van der Waals surface area contributed by atoms with Gasteiger partial charge >= 0.3 is 0 Å². The van der Waals surface area contributed by atoms with E-state index in [4.69, 9.17) is 9.47 Å². The zero-order chi connectivity index (χ0) is 12.3. The molecule has 0 bridgehead atoms. The molecule has 1 fully saturated rings. The Labute approximate surface area is 102 Å². The van der Waals surface area contributed by atoms with Crippen LogP contribution < -0.4 is 4.74 Å². The molecule has 1 saturated heterocycles. The number of ether oxygens (including phenoxy) is 2. The van der Waals surface area contributed by atoms with Crippen molar-refractivity contribution in [2.24, 2.45) is 5.92 Å². The van der Waals surface area contributed by atoms with Crippen molar-refractivity contribution in [3.63, 3.8) is 0 Å². The third-order valence-corrected chi connectivity index (χ3v) is 3.45. The summed E-state index contributed by atoms with van der Waals surface area (Å²) in [5.41, 5.74) is 1.03. The number of para-hydroxylation sites is 1. The van der Waals surface area contributed by atoms with Crippen molar-refractivity contribution in [2.75, 3.05) is 13.7 Å². The van der Waals surface area contributed by atoms with Crippen LogP contribution in [0.3, 0.4) is 0 Å². The van der Waals surface area contributed by atoms with E-state index >= 15 is 0 Å². The smallest absolute Gasteiger partial charge is 0.122 e. The van der Waals surface area contributed by atoms with Gasteiger partial charge in [-0.1, -0.05) is 25.1 Å². The van der Waals surface area contributed by atoms with Gasteiger partial charge in [0.2, 0.25) is 0 Å². The molecular weight excluding hydrogens is 216 g/mol. The predicted molar refractivity (Wildman–Crippen MR) is 66.2 cm³/mol. The molecule has 3 unspecified atom stereocenters. The van der Waals surface area contributed by atoms with Crippen LogP contribution in [-0.4, -0.2) is 31.0 Å². The minimum absolute atomic E-state index is 0.0417. The van der Waals surface area contributed by atoms with E-state index in [0.717, 1.165) is 24.3 Å². The topological polar surface area (TPSA) is 38.7 Å². The van der Waals surface area contributed by atoms with Crippen LogP contribution in [0.15, 0.2) is 24.3 Å².